The Hall–Kier alpha value is -3.75. The number of carbonyl (C=O) groups is 3. The van der Waals surface area contributed by atoms with Crippen molar-refractivity contribution in [3.05, 3.63) is 47.4 Å². The largest absolute Gasteiger partial charge is 0.354 e. The summed E-state index contributed by atoms with van der Waals surface area (Å²) in [6.07, 6.45) is 2.07. The predicted octanol–water partition coefficient (Wildman–Crippen LogP) is 1.77. The van der Waals surface area contributed by atoms with Gasteiger partial charge >= 0.3 is 0 Å². The molecule has 3 N–H and O–H groups in total. The normalized spacial score (nSPS) is 18.9. The molecular weight excluding hydrogens is 372 g/mol. The third-order valence-corrected chi connectivity index (χ3v) is 5.34. The van der Waals surface area contributed by atoms with E-state index in [0.29, 0.717) is 24.3 Å². The maximum atomic E-state index is 12.9. The lowest BCUT2D eigenvalue weighted by molar-refractivity contribution is -0.136. The number of hydrogen-bond acceptors (Lipinski definition) is 6. The smallest absolute Gasteiger partial charge is 0.255 e. The van der Waals surface area contributed by atoms with Crippen molar-refractivity contribution in [1.82, 2.24) is 25.2 Å². The van der Waals surface area contributed by atoms with E-state index in [-0.39, 0.29) is 18.2 Å². The number of nitrogens with one attached hydrogen (secondary N) is 3. The van der Waals surface area contributed by atoms with Crippen LogP contribution in [0.4, 0.5) is 11.5 Å². The topological polar surface area (TPSA) is 120 Å². The number of aromatic amines is 1. The van der Waals surface area contributed by atoms with E-state index in [1.807, 2.05) is 25.1 Å². The minimum absolute atomic E-state index is 0.207. The van der Waals surface area contributed by atoms with Crippen LogP contribution in [0.2, 0.25) is 0 Å². The van der Waals surface area contributed by atoms with Crippen molar-refractivity contribution in [2.75, 3.05) is 5.32 Å². The number of imide groups is 1. The van der Waals surface area contributed by atoms with Crippen LogP contribution in [-0.4, -0.2) is 43.6 Å². The van der Waals surface area contributed by atoms with Crippen LogP contribution in [0.3, 0.4) is 0 Å². The highest BCUT2D eigenvalue weighted by molar-refractivity contribution is 6.05. The molecule has 3 aromatic rings. The first-order valence-corrected chi connectivity index (χ1v) is 9.34. The first-order chi connectivity index (χ1) is 14.0. The lowest BCUT2D eigenvalue weighted by atomic mass is 10.0. The Kier molecular flexibility index (Phi) is 3.83. The van der Waals surface area contributed by atoms with E-state index in [0.717, 1.165) is 28.0 Å². The molecule has 0 radical (unpaired) electrons. The second kappa shape index (κ2) is 6.40. The molecule has 1 atom stereocenters. The van der Waals surface area contributed by atoms with Crippen LogP contribution >= 0.6 is 0 Å². The molecule has 29 heavy (non-hydrogen) atoms. The molecule has 1 unspecified atom stereocenters. The fraction of sp³-hybridized carbons (Fsp3) is 0.250. The lowest BCUT2D eigenvalue weighted by Gasteiger charge is -2.29. The molecule has 2 aliphatic heterocycles. The molecule has 0 aliphatic carbocycles. The number of nitrogens with zero attached hydrogens (tertiary/aromatic N) is 3. The highest BCUT2D eigenvalue weighted by Crippen LogP contribution is 2.31. The van der Waals surface area contributed by atoms with Gasteiger partial charge in [-0.1, -0.05) is 6.07 Å². The van der Waals surface area contributed by atoms with E-state index >= 15 is 0 Å². The van der Waals surface area contributed by atoms with Crippen molar-refractivity contribution >= 4 is 40.3 Å². The molecule has 0 spiro atoms. The molecule has 0 saturated carbocycles. The average Bonchev–Trinajstić information content (AvgIpc) is 3.22. The van der Waals surface area contributed by atoms with Gasteiger partial charge in [0.25, 0.3) is 5.91 Å². The summed E-state index contributed by atoms with van der Waals surface area (Å²) in [5.41, 5.74) is 4.70. The molecule has 2 aromatic heterocycles. The molecule has 5 rings (SSSR count). The lowest BCUT2D eigenvalue weighted by Crippen LogP contribution is -2.52. The molecule has 1 fully saturated rings. The van der Waals surface area contributed by atoms with E-state index in [1.54, 1.807) is 6.07 Å². The van der Waals surface area contributed by atoms with Gasteiger partial charge in [0, 0.05) is 29.9 Å². The number of aromatic nitrogens is 3. The zero-order valence-corrected chi connectivity index (χ0v) is 15.7. The quantitative estimate of drug-likeness (QED) is 0.586. The van der Waals surface area contributed by atoms with Crippen LogP contribution in [0.15, 0.2) is 30.6 Å². The predicted molar refractivity (Wildman–Crippen MR) is 104 cm³/mol. The third-order valence-electron chi connectivity index (χ3n) is 5.34. The van der Waals surface area contributed by atoms with Crippen molar-refractivity contribution in [1.29, 1.82) is 0 Å². The Morgan fingerprint density at radius 3 is 2.86 bits per heavy atom. The monoisotopic (exact) mass is 390 g/mol. The zero-order chi connectivity index (χ0) is 20.1. The van der Waals surface area contributed by atoms with Gasteiger partial charge in [-0.05, 0) is 37.1 Å². The van der Waals surface area contributed by atoms with Gasteiger partial charge in [0.2, 0.25) is 11.8 Å². The van der Waals surface area contributed by atoms with Crippen molar-refractivity contribution in [3.63, 3.8) is 0 Å². The number of piperidine rings is 1. The molecule has 146 valence electrons. The fourth-order valence-electron chi connectivity index (χ4n) is 3.93. The Morgan fingerprint density at radius 2 is 2.03 bits per heavy atom. The van der Waals surface area contributed by atoms with Crippen LogP contribution in [0, 0.1) is 6.92 Å². The molecule has 1 aromatic carbocycles. The maximum Gasteiger partial charge on any atom is 0.255 e. The first kappa shape index (κ1) is 17.4. The van der Waals surface area contributed by atoms with Gasteiger partial charge in [-0.15, -0.1) is 0 Å². The molecule has 9 heteroatoms. The van der Waals surface area contributed by atoms with Gasteiger partial charge in [0.15, 0.2) is 5.82 Å². The van der Waals surface area contributed by atoms with Crippen LogP contribution in [0.5, 0.6) is 0 Å². The Labute approximate surface area is 165 Å². The molecule has 2 aliphatic rings. The van der Waals surface area contributed by atoms with Crippen LogP contribution in [0.1, 0.15) is 34.5 Å². The second-order valence-corrected chi connectivity index (χ2v) is 7.33. The number of anilines is 2. The second-order valence-electron chi connectivity index (χ2n) is 7.33. The van der Waals surface area contributed by atoms with Gasteiger partial charge < -0.3 is 15.2 Å². The molecule has 0 bridgehead atoms. The third kappa shape index (κ3) is 2.91. The van der Waals surface area contributed by atoms with Crippen LogP contribution in [0.25, 0.3) is 11.0 Å². The minimum atomic E-state index is -0.618. The van der Waals surface area contributed by atoms with E-state index in [4.69, 9.17) is 0 Å². The number of amides is 3. The summed E-state index contributed by atoms with van der Waals surface area (Å²) in [6.45, 7) is 2.30. The summed E-state index contributed by atoms with van der Waals surface area (Å²) in [4.78, 5) is 49.8. The molecule has 4 heterocycles. The average molecular weight is 390 g/mol. The van der Waals surface area contributed by atoms with Gasteiger partial charge in [-0.25, -0.2) is 9.97 Å². The molecule has 1 saturated heterocycles. The minimum Gasteiger partial charge on any atom is -0.354 e. The highest BCUT2D eigenvalue weighted by atomic mass is 16.2. The SMILES string of the molecule is Cc1cc2ncnc(Nc3ccc4c(c3)C(=O)N(C3CCC(=O)NC3=O)C4)c2[nH]1. The highest BCUT2D eigenvalue weighted by Gasteiger charge is 2.39. The summed E-state index contributed by atoms with van der Waals surface area (Å²) in [5, 5.41) is 5.56. The van der Waals surface area contributed by atoms with Gasteiger partial charge in [-0.2, -0.15) is 0 Å². The van der Waals surface area contributed by atoms with Crippen molar-refractivity contribution in [2.24, 2.45) is 0 Å². The van der Waals surface area contributed by atoms with E-state index < -0.39 is 11.9 Å². The number of rotatable bonds is 3. The Balaban J connectivity index is 1.42. The van der Waals surface area contributed by atoms with Crippen molar-refractivity contribution in [3.8, 4) is 0 Å². The van der Waals surface area contributed by atoms with Crippen molar-refractivity contribution < 1.29 is 14.4 Å². The van der Waals surface area contributed by atoms with Crippen LogP contribution in [-0.2, 0) is 16.1 Å². The van der Waals surface area contributed by atoms with Gasteiger partial charge in [-0.3, -0.25) is 19.7 Å². The van der Waals surface area contributed by atoms with Gasteiger partial charge in [0.1, 0.15) is 17.9 Å². The number of benzene rings is 1. The molecular formula is C20H18N6O3. The molecule has 3 amide bonds. The maximum absolute atomic E-state index is 12.9. The summed E-state index contributed by atoms with van der Waals surface area (Å²) >= 11 is 0. The number of carbonyl (C=O) groups excluding carboxylic acids is 3. The zero-order valence-electron chi connectivity index (χ0n) is 15.7. The first-order valence-electron chi connectivity index (χ1n) is 9.34. The summed E-state index contributed by atoms with van der Waals surface area (Å²) in [6, 6.07) is 6.84. The fourth-order valence-corrected chi connectivity index (χ4v) is 3.93. The van der Waals surface area contributed by atoms with Crippen LogP contribution < -0.4 is 10.6 Å². The summed E-state index contributed by atoms with van der Waals surface area (Å²) in [7, 11) is 0. The number of aryl methyl sites for hydroxylation is 1. The number of hydrogen-bond donors (Lipinski definition) is 3. The number of fused-ring (bicyclic) bond motifs is 2. The summed E-state index contributed by atoms with van der Waals surface area (Å²) < 4.78 is 0. The summed E-state index contributed by atoms with van der Waals surface area (Å²) in [5.74, 6) is -0.291. The van der Waals surface area contributed by atoms with E-state index in [1.165, 1.54) is 11.2 Å². The van der Waals surface area contributed by atoms with E-state index in [2.05, 4.69) is 25.6 Å². The Bertz CT molecular complexity index is 1180. The van der Waals surface area contributed by atoms with E-state index in [9.17, 15) is 14.4 Å². The number of H-pyrrole nitrogens is 1. The Morgan fingerprint density at radius 1 is 1.17 bits per heavy atom. The molecule has 9 nitrogen and oxygen atoms in total. The van der Waals surface area contributed by atoms with Gasteiger partial charge in [0.05, 0.1) is 5.52 Å². The standard InChI is InChI=1S/C20H18N6O3/c1-10-6-14-17(23-10)18(22-9-21-14)24-12-3-2-11-8-26(20(29)13(11)7-12)15-4-5-16(27)25-19(15)28/h2-3,6-7,9,15,23H,4-5,8H2,1H3,(H,21,22,24)(H,25,27,28). The van der Waals surface area contributed by atoms with Crippen molar-refractivity contribution in [2.45, 2.75) is 32.4 Å².